The normalized spacial score (nSPS) is 11.7. The molecule has 4 nitrogen and oxygen atoms in total. The second-order valence-electron chi connectivity index (χ2n) is 4.97. The zero-order valence-electron chi connectivity index (χ0n) is 12.5. The summed E-state index contributed by atoms with van der Waals surface area (Å²) >= 11 is 0. The van der Waals surface area contributed by atoms with Crippen molar-refractivity contribution in [2.45, 2.75) is 39.5 Å². The number of rotatable bonds is 13. The molecule has 0 radical (unpaired) electrons. The Kier molecular flexibility index (Phi) is 13.2. The van der Waals surface area contributed by atoms with Crippen molar-refractivity contribution in [1.82, 2.24) is 9.80 Å². The molecule has 0 aliphatic heterocycles. The van der Waals surface area contributed by atoms with E-state index in [-0.39, 0.29) is 0 Å². The van der Waals surface area contributed by atoms with Crippen LogP contribution in [-0.4, -0.2) is 62.2 Å². The van der Waals surface area contributed by atoms with E-state index in [1.165, 1.54) is 39.0 Å². The van der Waals surface area contributed by atoms with Crippen molar-refractivity contribution in [2.75, 3.05) is 52.4 Å². The number of nitrogens with two attached hydrogens (primary N) is 2. The molecule has 0 spiro atoms. The number of hydrogen-bond acceptors (Lipinski definition) is 4. The second-order valence-corrected chi connectivity index (χ2v) is 4.97. The van der Waals surface area contributed by atoms with Crippen molar-refractivity contribution in [3.05, 3.63) is 0 Å². The van der Waals surface area contributed by atoms with E-state index in [2.05, 4.69) is 23.6 Å². The third-order valence-electron chi connectivity index (χ3n) is 3.17. The molecule has 0 saturated heterocycles. The molecule has 0 aromatic heterocycles. The molecule has 0 unspecified atom stereocenters. The van der Waals surface area contributed by atoms with Crippen molar-refractivity contribution in [2.24, 2.45) is 11.5 Å². The minimum atomic E-state index is 0.798. The van der Waals surface area contributed by atoms with E-state index in [0.29, 0.717) is 0 Å². The van der Waals surface area contributed by atoms with E-state index in [4.69, 9.17) is 11.5 Å². The summed E-state index contributed by atoms with van der Waals surface area (Å²) in [5, 5.41) is 0. The lowest BCUT2D eigenvalue weighted by Gasteiger charge is -2.27. The van der Waals surface area contributed by atoms with Crippen LogP contribution < -0.4 is 11.5 Å². The van der Waals surface area contributed by atoms with Crippen LogP contribution in [0.15, 0.2) is 0 Å². The van der Waals surface area contributed by atoms with Gasteiger partial charge in [0.1, 0.15) is 0 Å². The van der Waals surface area contributed by atoms with Gasteiger partial charge in [0.2, 0.25) is 0 Å². The molecule has 0 amide bonds. The highest BCUT2D eigenvalue weighted by atomic mass is 15.2. The van der Waals surface area contributed by atoms with Crippen LogP contribution in [0, 0.1) is 0 Å². The fourth-order valence-corrected chi connectivity index (χ4v) is 2.22. The van der Waals surface area contributed by atoms with Crippen LogP contribution in [0.5, 0.6) is 0 Å². The van der Waals surface area contributed by atoms with Crippen LogP contribution in [0.25, 0.3) is 0 Å². The van der Waals surface area contributed by atoms with Gasteiger partial charge in [0.05, 0.1) is 0 Å². The van der Waals surface area contributed by atoms with Crippen molar-refractivity contribution < 1.29 is 0 Å². The van der Waals surface area contributed by atoms with Gasteiger partial charge in [0.25, 0.3) is 0 Å². The first-order chi connectivity index (χ1) is 8.78. The van der Waals surface area contributed by atoms with E-state index >= 15 is 0 Å². The smallest absolute Gasteiger partial charge is 0.0109 e. The zero-order chi connectivity index (χ0) is 13.6. The molecule has 0 fully saturated rings. The molecule has 4 heteroatoms. The molecule has 4 N–H and O–H groups in total. The van der Waals surface area contributed by atoms with Crippen LogP contribution in [0.4, 0.5) is 0 Å². The quantitative estimate of drug-likeness (QED) is 0.519. The van der Waals surface area contributed by atoms with Gasteiger partial charge in [-0.05, 0) is 65.0 Å². The molecule has 0 aromatic rings. The van der Waals surface area contributed by atoms with E-state index in [1.54, 1.807) is 0 Å². The predicted octanol–water partition coefficient (Wildman–Crippen LogP) is 1.11. The third-order valence-corrected chi connectivity index (χ3v) is 3.17. The molecule has 0 aromatic carbocycles. The lowest BCUT2D eigenvalue weighted by atomic mass is 10.3. The predicted molar refractivity (Wildman–Crippen MR) is 80.8 cm³/mol. The topological polar surface area (TPSA) is 58.5 Å². The highest BCUT2D eigenvalue weighted by molar-refractivity contribution is 4.64. The minimum absolute atomic E-state index is 0.798. The van der Waals surface area contributed by atoms with Crippen molar-refractivity contribution >= 4 is 0 Å². The summed E-state index contributed by atoms with van der Waals surface area (Å²) in [5.41, 5.74) is 11.2. The number of hydrogen-bond donors (Lipinski definition) is 2. The summed E-state index contributed by atoms with van der Waals surface area (Å²) < 4.78 is 0. The van der Waals surface area contributed by atoms with Gasteiger partial charge in [-0.1, -0.05) is 13.8 Å². The highest BCUT2D eigenvalue weighted by Crippen LogP contribution is 1.98. The molecule has 0 bridgehead atoms. The largest absolute Gasteiger partial charge is 0.330 e. The highest BCUT2D eigenvalue weighted by Gasteiger charge is 2.07. The van der Waals surface area contributed by atoms with Gasteiger partial charge >= 0.3 is 0 Å². The summed E-state index contributed by atoms with van der Waals surface area (Å²) in [5.74, 6) is 0. The maximum Gasteiger partial charge on any atom is 0.0109 e. The lowest BCUT2D eigenvalue weighted by molar-refractivity contribution is 0.201. The second kappa shape index (κ2) is 13.3. The molecular weight excluding hydrogens is 224 g/mol. The Labute approximate surface area is 114 Å². The van der Waals surface area contributed by atoms with Gasteiger partial charge in [0.15, 0.2) is 0 Å². The van der Waals surface area contributed by atoms with Crippen molar-refractivity contribution in [3.63, 3.8) is 0 Å². The summed E-state index contributed by atoms with van der Waals surface area (Å²) in [6.07, 6.45) is 4.66. The average molecular weight is 258 g/mol. The maximum absolute atomic E-state index is 5.59. The first-order valence-corrected chi connectivity index (χ1v) is 7.63. The van der Waals surface area contributed by atoms with Crippen LogP contribution in [0.2, 0.25) is 0 Å². The first-order valence-electron chi connectivity index (χ1n) is 7.63. The molecule has 0 heterocycles. The summed E-state index contributed by atoms with van der Waals surface area (Å²) in [7, 11) is 0. The Morgan fingerprint density at radius 2 is 1.00 bits per heavy atom. The van der Waals surface area contributed by atoms with E-state index in [0.717, 1.165) is 39.0 Å². The SMILES string of the molecule is CCCN(CCCN)CCN(CCC)CCCN. The van der Waals surface area contributed by atoms with Crippen molar-refractivity contribution in [1.29, 1.82) is 0 Å². The van der Waals surface area contributed by atoms with Gasteiger partial charge in [-0.25, -0.2) is 0 Å². The van der Waals surface area contributed by atoms with Gasteiger partial charge in [-0.2, -0.15) is 0 Å². The van der Waals surface area contributed by atoms with Crippen LogP contribution in [0.3, 0.4) is 0 Å². The molecule has 110 valence electrons. The van der Waals surface area contributed by atoms with Crippen LogP contribution in [-0.2, 0) is 0 Å². The molecule has 18 heavy (non-hydrogen) atoms. The monoisotopic (exact) mass is 258 g/mol. The van der Waals surface area contributed by atoms with E-state index < -0.39 is 0 Å². The molecule has 0 aliphatic carbocycles. The standard InChI is InChI=1S/C14H34N4/c1-3-9-17(11-5-7-15)13-14-18(10-4-2)12-6-8-16/h3-16H2,1-2H3. The Bertz CT molecular complexity index is 146. The fourth-order valence-electron chi connectivity index (χ4n) is 2.22. The van der Waals surface area contributed by atoms with Gasteiger partial charge in [-0.3, -0.25) is 0 Å². The summed E-state index contributed by atoms with van der Waals surface area (Å²) in [6.45, 7) is 13.1. The minimum Gasteiger partial charge on any atom is -0.330 e. The van der Waals surface area contributed by atoms with Crippen molar-refractivity contribution in [3.8, 4) is 0 Å². The lowest BCUT2D eigenvalue weighted by Crippen LogP contribution is -2.37. The fraction of sp³-hybridized carbons (Fsp3) is 1.00. The Morgan fingerprint density at radius 1 is 0.611 bits per heavy atom. The number of nitrogens with zero attached hydrogens (tertiary/aromatic N) is 2. The Morgan fingerprint density at radius 3 is 1.28 bits per heavy atom. The third kappa shape index (κ3) is 9.83. The molecule has 0 saturated carbocycles. The van der Waals surface area contributed by atoms with Gasteiger partial charge < -0.3 is 21.3 Å². The molecule has 0 aliphatic rings. The molecular formula is C14H34N4. The summed E-state index contributed by atoms with van der Waals surface area (Å²) in [4.78, 5) is 5.08. The van der Waals surface area contributed by atoms with Gasteiger partial charge in [0, 0.05) is 13.1 Å². The van der Waals surface area contributed by atoms with Gasteiger partial charge in [-0.15, -0.1) is 0 Å². The first kappa shape index (κ1) is 17.8. The van der Waals surface area contributed by atoms with Crippen LogP contribution >= 0.6 is 0 Å². The maximum atomic E-state index is 5.59. The van der Waals surface area contributed by atoms with Crippen LogP contribution in [0.1, 0.15) is 39.5 Å². The molecule has 0 rings (SSSR count). The Balaban J connectivity index is 3.92. The Hall–Kier alpha value is -0.160. The summed E-state index contributed by atoms with van der Waals surface area (Å²) in [6, 6.07) is 0. The average Bonchev–Trinajstić information content (AvgIpc) is 2.38. The zero-order valence-corrected chi connectivity index (χ0v) is 12.5. The molecule has 0 atom stereocenters. The van der Waals surface area contributed by atoms with E-state index in [9.17, 15) is 0 Å². The van der Waals surface area contributed by atoms with E-state index in [1.807, 2.05) is 0 Å².